The lowest BCUT2D eigenvalue weighted by Gasteiger charge is -1.95. The Morgan fingerprint density at radius 3 is 2.31 bits per heavy atom. The van der Waals surface area contributed by atoms with E-state index < -0.39 is 0 Å². The van der Waals surface area contributed by atoms with E-state index in [1.54, 1.807) is 0 Å². The topological polar surface area (TPSA) is 28.1 Å². The van der Waals surface area contributed by atoms with Gasteiger partial charge in [-0.05, 0) is 18.4 Å². The molecule has 0 atom stereocenters. The van der Waals surface area contributed by atoms with Crippen LogP contribution >= 0.6 is 0 Å². The van der Waals surface area contributed by atoms with E-state index in [4.69, 9.17) is 5.39 Å². The summed E-state index contributed by atoms with van der Waals surface area (Å²) in [5, 5.41) is 8.43. The molecule has 0 fully saturated rings. The van der Waals surface area contributed by atoms with Gasteiger partial charge in [0.25, 0.3) is 0 Å². The molecule has 1 aromatic carbocycles. The lowest BCUT2D eigenvalue weighted by atomic mass is 10.1. The number of hydrogen-bond acceptors (Lipinski definition) is 1. The van der Waals surface area contributed by atoms with Gasteiger partial charge in [0.2, 0.25) is 5.39 Å². The third-order valence-electron chi connectivity index (χ3n) is 1.87. The minimum Gasteiger partial charge on any atom is -1.00 e. The van der Waals surface area contributed by atoms with E-state index in [0.717, 1.165) is 6.42 Å². The maximum absolute atomic E-state index is 8.43. The summed E-state index contributed by atoms with van der Waals surface area (Å²) in [4.78, 5) is 3.09. The minimum atomic E-state index is 0. The van der Waals surface area contributed by atoms with E-state index in [1.165, 1.54) is 18.4 Å². The van der Waals surface area contributed by atoms with Crippen molar-refractivity contribution >= 4 is 5.69 Å². The molecular formula is C10H13ClN2. The first-order valence-electron chi connectivity index (χ1n) is 4.31. The molecule has 13 heavy (non-hydrogen) atoms. The van der Waals surface area contributed by atoms with Gasteiger partial charge in [-0.25, -0.2) is 0 Å². The molecule has 0 aliphatic carbocycles. The maximum atomic E-state index is 8.43. The Labute approximate surface area is 85.0 Å². The summed E-state index contributed by atoms with van der Waals surface area (Å²) < 4.78 is 0. The zero-order chi connectivity index (χ0) is 8.81. The van der Waals surface area contributed by atoms with Crippen LogP contribution in [0.3, 0.4) is 0 Å². The first-order valence-corrected chi connectivity index (χ1v) is 4.31. The van der Waals surface area contributed by atoms with Gasteiger partial charge < -0.3 is 12.4 Å². The SMILES string of the molecule is CCCCc1ccc([N+]#N)cc1.[Cl-]. The molecule has 0 saturated heterocycles. The Bertz CT molecular complexity index is 274. The molecule has 2 nitrogen and oxygen atoms in total. The average Bonchev–Trinajstić information content (AvgIpc) is 2.15. The van der Waals surface area contributed by atoms with Gasteiger partial charge in [0.15, 0.2) is 4.98 Å². The van der Waals surface area contributed by atoms with Crippen molar-refractivity contribution in [2.75, 3.05) is 0 Å². The zero-order valence-corrected chi connectivity index (χ0v) is 8.46. The maximum Gasteiger partial charge on any atom is 0.385 e. The normalized spacial score (nSPS) is 8.62. The highest BCUT2D eigenvalue weighted by atomic mass is 35.5. The van der Waals surface area contributed by atoms with E-state index in [2.05, 4.69) is 11.9 Å². The molecule has 3 heteroatoms. The second-order valence-electron chi connectivity index (χ2n) is 2.87. The fraction of sp³-hybridized carbons (Fsp3) is 0.400. The first kappa shape index (κ1) is 11.9. The molecule has 0 saturated carbocycles. The third-order valence-corrected chi connectivity index (χ3v) is 1.87. The van der Waals surface area contributed by atoms with Gasteiger partial charge in [-0.15, -0.1) is 0 Å². The molecule has 0 spiro atoms. The van der Waals surface area contributed by atoms with Crippen LogP contribution in [0, 0.1) is 5.39 Å². The first-order chi connectivity index (χ1) is 5.86. The predicted octanol–water partition coefficient (Wildman–Crippen LogP) is 0.518. The van der Waals surface area contributed by atoms with Crippen LogP contribution in [0.4, 0.5) is 5.69 Å². The van der Waals surface area contributed by atoms with Crippen LogP contribution in [0.25, 0.3) is 4.98 Å². The quantitative estimate of drug-likeness (QED) is 0.648. The number of diazo groups is 1. The number of halogens is 1. The number of unbranched alkanes of at least 4 members (excludes halogenated alkanes) is 1. The van der Waals surface area contributed by atoms with Crippen LogP contribution in [0.5, 0.6) is 0 Å². The summed E-state index contributed by atoms with van der Waals surface area (Å²) in [5.74, 6) is 0. The number of benzene rings is 1. The molecule has 0 N–H and O–H groups in total. The summed E-state index contributed by atoms with van der Waals surface area (Å²) >= 11 is 0. The molecule has 0 aromatic heterocycles. The summed E-state index contributed by atoms with van der Waals surface area (Å²) in [6, 6.07) is 7.66. The molecule has 0 bridgehead atoms. The van der Waals surface area contributed by atoms with Crippen LogP contribution < -0.4 is 12.4 Å². The summed E-state index contributed by atoms with van der Waals surface area (Å²) in [7, 11) is 0. The Hall–Kier alpha value is -1.07. The highest BCUT2D eigenvalue weighted by Gasteiger charge is 2.01. The van der Waals surface area contributed by atoms with E-state index in [0.29, 0.717) is 5.69 Å². The van der Waals surface area contributed by atoms with Gasteiger partial charge >= 0.3 is 5.69 Å². The molecular weight excluding hydrogens is 184 g/mol. The highest BCUT2D eigenvalue weighted by Crippen LogP contribution is 2.13. The van der Waals surface area contributed by atoms with Crippen molar-refractivity contribution in [3.05, 3.63) is 34.8 Å². The number of nitrogens with zero attached hydrogens (tertiary/aromatic N) is 2. The molecule has 0 amide bonds. The zero-order valence-electron chi connectivity index (χ0n) is 7.70. The summed E-state index contributed by atoms with van der Waals surface area (Å²) in [6.07, 6.45) is 3.55. The largest absolute Gasteiger partial charge is 1.00 e. The van der Waals surface area contributed by atoms with Gasteiger partial charge in [-0.1, -0.05) is 25.5 Å². The van der Waals surface area contributed by atoms with Crippen molar-refractivity contribution in [1.82, 2.24) is 0 Å². The van der Waals surface area contributed by atoms with E-state index in [9.17, 15) is 0 Å². The van der Waals surface area contributed by atoms with Crippen molar-refractivity contribution < 1.29 is 12.4 Å². The highest BCUT2D eigenvalue weighted by molar-refractivity contribution is 5.44. The fourth-order valence-electron chi connectivity index (χ4n) is 1.11. The van der Waals surface area contributed by atoms with Crippen LogP contribution in [-0.4, -0.2) is 0 Å². The van der Waals surface area contributed by atoms with E-state index in [-0.39, 0.29) is 12.4 Å². The van der Waals surface area contributed by atoms with Gasteiger partial charge in [0.05, 0.1) is 0 Å². The standard InChI is InChI=1S/C10H13N2.ClH/c1-2-3-4-9-5-7-10(12-11)8-6-9;/h5-8H,2-4H2,1H3;1H/q+1;/p-1. The van der Waals surface area contributed by atoms with Crippen molar-refractivity contribution in [2.24, 2.45) is 0 Å². The number of rotatable bonds is 3. The van der Waals surface area contributed by atoms with Crippen LogP contribution in [0.1, 0.15) is 25.3 Å². The van der Waals surface area contributed by atoms with Gasteiger partial charge in [0.1, 0.15) is 0 Å². The van der Waals surface area contributed by atoms with Crippen LogP contribution in [0.2, 0.25) is 0 Å². The monoisotopic (exact) mass is 196 g/mol. The molecule has 0 aliphatic rings. The van der Waals surface area contributed by atoms with Crippen LogP contribution in [0.15, 0.2) is 24.3 Å². The van der Waals surface area contributed by atoms with Crippen molar-refractivity contribution in [3.8, 4) is 0 Å². The third kappa shape index (κ3) is 3.91. The second-order valence-corrected chi connectivity index (χ2v) is 2.87. The lowest BCUT2D eigenvalue weighted by Crippen LogP contribution is -3.00. The van der Waals surface area contributed by atoms with Gasteiger partial charge in [0, 0.05) is 12.1 Å². The Morgan fingerprint density at radius 1 is 1.23 bits per heavy atom. The van der Waals surface area contributed by atoms with Crippen molar-refractivity contribution in [3.63, 3.8) is 0 Å². The molecule has 0 unspecified atom stereocenters. The van der Waals surface area contributed by atoms with E-state index >= 15 is 0 Å². The molecule has 0 aliphatic heterocycles. The summed E-state index contributed by atoms with van der Waals surface area (Å²) in [5.41, 5.74) is 1.93. The molecule has 0 radical (unpaired) electrons. The summed E-state index contributed by atoms with van der Waals surface area (Å²) in [6.45, 7) is 2.18. The molecule has 1 aromatic rings. The predicted molar refractivity (Wildman–Crippen MR) is 49.8 cm³/mol. The smallest absolute Gasteiger partial charge is 0.385 e. The second kappa shape index (κ2) is 6.45. The molecule has 1 rings (SSSR count). The van der Waals surface area contributed by atoms with Gasteiger partial charge in [-0.2, -0.15) is 0 Å². The Kier molecular flexibility index (Phi) is 5.92. The van der Waals surface area contributed by atoms with E-state index in [1.807, 2.05) is 24.3 Å². The molecule has 0 heterocycles. The number of aryl methyl sites for hydroxylation is 1. The van der Waals surface area contributed by atoms with Crippen LogP contribution in [-0.2, 0) is 6.42 Å². The minimum absolute atomic E-state index is 0. The lowest BCUT2D eigenvalue weighted by molar-refractivity contribution is -0.00000278. The van der Waals surface area contributed by atoms with Crippen molar-refractivity contribution in [1.29, 1.82) is 5.39 Å². The van der Waals surface area contributed by atoms with Crippen molar-refractivity contribution in [2.45, 2.75) is 26.2 Å². The van der Waals surface area contributed by atoms with Gasteiger partial charge in [-0.3, -0.25) is 0 Å². The Morgan fingerprint density at radius 2 is 1.85 bits per heavy atom. The molecule has 70 valence electrons. The number of hydrogen-bond donors (Lipinski definition) is 0. The fourth-order valence-corrected chi connectivity index (χ4v) is 1.11. The Balaban J connectivity index is 0.00000144. The average molecular weight is 197 g/mol.